The van der Waals surface area contributed by atoms with Gasteiger partial charge in [-0.05, 0) is 31.2 Å². The van der Waals surface area contributed by atoms with E-state index in [1.54, 1.807) is 25.1 Å². The molecule has 1 aliphatic rings. The number of nitrogens with zero attached hydrogens (tertiary/aromatic N) is 3. The third-order valence-corrected chi connectivity index (χ3v) is 5.03. The number of carboxylic acid groups (broad SMARTS) is 1. The second kappa shape index (κ2) is 9.23. The van der Waals surface area contributed by atoms with Crippen molar-refractivity contribution in [3.63, 3.8) is 0 Å². The molecule has 166 valence electrons. The third-order valence-electron chi connectivity index (χ3n) is 5.03. The number of alkyl halides is 3. The Morgan fingerprint density at radius 1 is 1.23 bits per heavy atom. The van der Waals surface area contributed by atoms with Crippen molar-refractivity contribution in [2.75, 3.05) is 31.1 Å². The molecule has 0 aliphatic carbocycles. The van der Waals surface area contributed by atoms with Crippen LogP contribution in [-0.2, 0) is 15.7 Å². The summed E-state index contributed by atoms with van der Waals surface area (Å²) in [4.78, 5) is 30.8. The predicted octanol–water partition coefficient (Wildman–Crippen LogP) is 3.89. The van der Waals surface area contributed by atoms with Crippen molar-refractivity contribution >= 4 is 17.7 Å². The Balaban J connectivity index is 1.76. The summed E-state index contributed by atoms with van der Waals surface area (Å²) in [5.74, 6) is -0.474. The third kappa shape index (κ3) is 5.44. The van der Waals surface area contributed by atoms with Crippen LogP contribution in [0.3, 0.4) is 0 Å². The number of benzene rings is 1. The van der Waals surface area contributed by atoms with Crippen molar-refractivity contribution in [1.29, 1.82) is 0 Å². The highest BCUT2D eigenvalue weighted by Crippen LogP contribution is 2.32. The average Bonchev–Trinajstić information content (AvgIpc) is 2.73. The van der Waals surface area contributed by atoms with Gasteiger partial charge in [0.05, 0.1) is 42.2 Å². The maximum Gasteiger partial charge on any atom is 0.416 e. The van der Waals surface area contributed by atoms with Crippen molar-refractivity contribution in [3.8, 4) is 11.3 Å². The van der Waals surface area contributed by atoms with Crippen LogP contribution in [0, 0.1) is 0 Å². The van der Waals surface area contributed by atoms with E-state index >= 15 is 0 Å². The molecule has 0 bridgehead atoms. The van der Waals surface area contributed by atoms with Crippen molar-refractivity contribution in [2.45, 2.75) is 25.6 Å². The Bertz CT molecular complexity index is 934. The zero-order valence-corrected chi connectivity index (χ0v) is 16.8. The zero-order chi connectivity index (χ0) is 22.6. The monoisotopic (exact) mass is 437 g/mol. The van der Waals surface area contributed by atoms with Crippen LogP contribution in [0.2, 0.25) is 0 Å². The summed E-state index contributed by atoms with van der Waals surface area (Å²) < 4.78 is 43.8. The van der Waals surface area contributed by atoms with E-state index in [4.69, 9.17) is 4.74 Å². The van der Waals surface area contributed by atoms with Crippen molar-refractivity contribution < 1.29 is 32.6 Å². The van der Waals surface area contributed by atoms with Crippen LogP contribution in [0.4, 0.5) is 23.7 Å². The quantitative estimate of drug-likeness (QED) is 0.715. The average molecular weight is 437 g/mol. The number of hydrogen-bond acceptors (Lipinski definition) is 5. The summed E-state index contributed by atoms with van der Waals surface area (Å²) in [5, 5.41) is 9.41. The van der Waals surface area contributed by atoms with Crippen LogP contribution in [0.15, 0.2) is 42.6 Å². The van der Waals surface area contributed by atoms with Crippen molar-refractivity contribution in [3.05, 3.63) is 48.2 Å². The van der Waals surface area contributed by atoms with E-state index in [0.29, 0.717) is 23.5 Å². The molecule has 1 aromatic carbocycles. The van der Waals surface area contributed by atoms with Gasteiger partial charge in [0.25, 0.3) is 0 Å². The van der Waals surface area contributed by atoms with E-state index < -0.39 is 29.8 Å². The van der Waals surface area contributed by atoms with Gasteiger partial charge in [-0.2, -0.15) is 13.2 Å². The van der Waals surface area contributed by atoms with E-state index in [9.17, 15) is 27.9 Å². The minimum absolute atomic E-state index is 0.0631. The molecule has 1 fully saturated rings. The summed E-state index contributed by atoms with van der Waals surface area (Å²) >= 11 is 0. The number of carbonyl (C=O) groups excluding carboxylic acids is 1. The fourth-order valence-electron chi connectivity index (χ4n) is 3.53. The molecule has 1 atom stereocenters. The summed E-state index contributed by atoms with van der Waals surface area (Å²) in [7, 11) is 0. The van der Waals surface area contributed by atoms with Gasteiger partial charge in [-0.15, -0.1) is 0 Å². The van der Waals surface area contributed by atoms with Gasteiger partial charge < -0.3 is 19.6 Å². The van der Waals surface area contributed by atoms with Gasteiger partial charge >= 0.3 is 18.2 Å². The Labute approximate surface area is 177 Å². The molecule has 1 unspecified atom stereocenters. The maximum absolute atomic E-state index is 12.9. The number of halogens is 3. The van der Waals surface area contributed by atoms with Crippen molar-refractivity contribution in [1.82, 2.24) is 9.88 Å². The highest BCUT2D eigenvalue weighted by atomic mass is 19.4. The molecule has 1 N–H and O–H groups in total. The minimum Gasteiger partial charge on any atom is -0.466 e. The second-order valence-electron chi connectivity index (χ2n) is 7.07. The first-order chi connectivity index (χ1) is 14.7. The molecule has 10 heteroatoms. The number of ether oxygens (including phenoxy) is 1. The van der Waals surface area contributed by atoms with Gasteiger partial charge in [-0.1, -0.05) is 12.1 Å². The van der Waals surface area contributed by atoms with Crippen LogP contribution < -0.4 is 4.90 Å². The van der Waals surface area contributed by atoms with Gasteiger partial charge in [0.1, 0.15) is 0 Å². The van der Waals surface area contributed by atoms with Gasteiger partial charge in [0, 0.05) is 25.2 Å². The maximum atomic E-state index is 12.9. The number of amides is 1. The number of hydrogen-bond donors (Lipinski definition) is 1. The lowest BCUT2D eigenvalue weighted by molar-refractivity contribution is -0.144. The molecule has 7 nitrogen and oxygen atoms in total. The Hall–Kier alpha value is -3.30. The molecule has 2 aromatic rings. The lowest BCUT2D eigenvalue weighted by Crippen LogP contribution is -2.55. The van der Waals surface area contributed by atoms with Crippen LogP contribution in [0.25, 0.3) is 11.3 Å². The molecule has 1 saturated heterocycles. The van der Waals surface area contributed by atoms with E-state index in [1.807, 2.05) is 4.90 Å². The van der Waals surface area contributed by atoms with Gasteiger partial charge in [-0.3, -0.25) is 9.78 Å². The molecule has 1 aliphatic heterocycles. The molecule has 0 saturated carbocycles. The number of esters is 1. The minimum atomic E-state index is -4.44. The summed E-state index contributed by atoms with van der Waals surface area (Å²) in [6.07, 6.45) is -4.07. The summed E-state index contributed by atoms with van der Waals surface area (Å²) in [6, 6.07) is 7.70. The smallest absolute Gasteiger partial charge is 0.416 e. The molecule has 2 heterocycles. The first kappa shape index (κ1) is 22.4. The van der Waals surface area contributed by atoms with Gasteiger partial charge in [0.2, 0.25) is 0 Å². The fraction of sp³-hybridized carbons (Fsp3) is 0.381. The standard InChI is InChI=1S/C21H22F3N3O4/c1-2-31-19(28)11-17-13-26(8-9-27(17)20(29)30)16-6-7-18(25-12-16)14-4-3-5-15(10-14)21(22,23)24/h3-7,10,12,17H,2,8-9,11,13H2,1H3,(H,29,30). The topological polar surface area (TPSA) is 83.0 Å². The summed E-state index contributed by atoms with van der Waals surface area (Å²) in [6.45, 7) is 2.77. The first-order valence-electron chi connectivity index (χ1n) is 9.73. The molecule has 0 radical (unpaired) electrons. The van der Waals surface area contributed by atoms with E-state index in [1.165, 1.54) is 17.2 Å². The fourth-order valence-corrected chi connectivity index (χ4v) is 3.53. The number of carbonyl (C=O) groups is 2. The Morgan fingerprint density at radius 3 is 2.61 bits per heavy atom. The van der Waals surface area contributed by atoms with Crippen LogP contribution >= 0.6 is 0 Å². The van der Waals surface area contributed by atoms with Gasteiger partial charge in [0.15, 0.2) is 0 Å². The number of rotatable bonds is 5. The largest absolute Gasteiger partial charge is 0.466 e. The molecule has 0 spiro atoms. The highest BCUT2D eigenvalue weighted by molar-refractivity contribution is 5.73. The normalized spacial score (nSPS) is 16.8. The number of aromatic nitrogens is 1. The lowest BCUT2D eigenvalue weighted by Gasteiger charge is -2.40. The first-order valence-corrected chi connectivity index (χ1v) is 9.73. The lowest BCUT2D eigenvalue weighted by atomic mass is 10.1. The predicted molar refractivity (Wildman–Crippen MR) is 107 cm³/mol. The molecular formula is C21H22F3N3O4. The van der Waals surface area contributed by atoms with Crippen LogP contribution in [0.1, 0.15) is 18.9 Å². The zero-order valence-electron chi connectivity index (χ0n) is 16.8. The highest BCUT2D eigenvalue weighted by Gasteiger charge is 2.33. The van der Waals surface area contributed by atoms with E-state index in [0.717, 1.165) is 12.1 Å². The Kier molecular flexibility index (Phi) is 6.67. The molecule has 31 heavy (non-hydrogen) atoms. The molecular weight excluding hydrogens is 415 g/mol. The summed E-state index contributed by atoms with van der Waals surface area (Å²) in [5.41, 5.74) is 0.677. The van der Waals surface area contributed by atoms with E-state index in [2.05, 4.69) is 4.98 Å². The number of anilines is 1. The second-order valence-corrected chi connectivity index (χ2v) is 7.07. The molecule has 1 amide bonds. The van der Waals surface area contributed by atoms with Crippen LogP contribution in [-0.4, -0.2) is 59.3 Å². The van der Waals surface area contributed by atoms with Crippen molar-refractivity contribution in [2.24, 2.45) is 0 Å². The van der Waals surface area contributed by atoms with Crippen LogP contribution in [0.5, 0.6) is 0 Å². The van der Waals surface area contributed by atoms with E-state index in [-0.39, 0.29) is 26.1 Å². The molecule has 1 aromatic heterocycles. The molecule has 3 rings (SSSR count). The number of piperazine rings is 1. The van der Waals surface area contributed by atoms with Gasteiger partial charge in [-0.25, -0.2) is 4.79 Å². The SMILES string of the molecule is CCOC(=O)CC1CN(c2ccc(-c3cccc(C(F)(F)F)c3)nc2)CCN1C(=O)O. The Morgan fingerprint density at radius 2 is 2.00 bits per heavy atom. The number of pyridine rings is 1.